The molecule has 0 saturated carbocycles. The van der Waals surface area contributed by atoms with E-state index in [0.29, 0.717) is 12.0 Å². The fraction of sp³-hybridized carbons (Fsp3) is 0.294. The van der Waals surface area contributed by atoms with Crippen LogP contribution in [0.1, 0.15) is 27.9 Å². The fourth-order valence-corrected chi connectivity index (χ4v) is 2.52. The minimum absolute atomic E-state index is 0.155. The maximum absolute atomic E-state index is 11.8. The van der Waals surface area contributed by atoms with Crippen LogP contribution in [-0.4, -0.2) is 19.2 Å². The molecule has 1 heterocycles. The van der Waals surface area contributed by atoms with Gasteiger partial charge < -0.3 is 14.5 Å². The zero-order chi connectivity index (χ0) is 16.3. The molecular weight excluding hydrogens is 280 g/mol. The van der Waals surface area contributed by atoms with Crippen molar-refractivity contribution in [3.05, 3.63) is 56.5 Å². The van der Waals surface area contributed by atoms with Gasteiger partial charge in [0.1, 0.15) is 23.1 Å². The van der Waals surface area contributed by atoms with E-state index in [1.54, 1.807) is 21.1 Å². The average Bonchev–Trinajstić information content (AvgIpc) is 2.51. The van der Waals surface area contributed by atoms with Crippen LogP contribution in [0.15, 0.2) is 23.0 Å². The van der Waals surface area contributed by atoms with Gasteiger partial charge in [-0.05, 0) is 43.2 Å². The summed E-state index contributed by atoms with van der Waals surface area (Å²) in [5.74, 6) is 1.47. The van der Waals surface area contributed by atoms with E-state index in [0.717, 1.165) is 28.3 Å². The van der Waals surface area contributed by atoms with Gasteiger partial charge in [-0.15, -0.1) is 0 Å². The Hall–Kier alpha value is -2.74. The number of nitriles is 1. The molecule has 0 spiro atoms. The summed E-state index contributed by atoms with van der Waals surface area (Å²) in [6, 6.07) is 7.54. The van der Waals surface area contributed by atoms with Crippen molar-refractivity contribution in [1.82, 2.24) is 4.98 Å². The largest absolute Gasteiger partial charge is 0.497 e. The van der Waals surface area contributed by atoms with Crippen LogP contribution >= 0.6 is 0 Å². The molecule has 0 bridgehead atoms. The first kappa shape index (κ1) is 15.6. The Kier molecular flexibility index (Phi) is 4.52. The van der Waals surface area contributed by atoms with Crippen LogP contribution in [0.25, 0.3) is 0 Å². The fourth-order valence-electron chi connectivity index (χ4n) is 2.52. The molecule has 0 aliphatic heterocycles. The minimum atomic E-state index is -0.348. The zero-order valence-electron chi connectivity index (χ0n) is 13.1. The molecule has 22 heavy (non-hydrogen) atoms. The van der Waals surface area contributed by atoms with Crippen LogP contribution in [0.4, 0.5) is 0 Å². The lowest BCUT2D eigenvalue weighted by Crippen LogP contribution is -2.16. The topological polar surface area (TPSA) is 75.1 Å². The number of H-pyrrole nitrogens is 1. The Bertz CT molecular complexity index is 801. The number of rotatable bonds is 4. The Morgan fingerprint density at radius 2 is 1.95 bits per heavy atom. The maximum Gasteiger partial charge on any atom is 0.266 e. The standard InChI is InChI=1S/C17H18N2O3/c1-10-14(11(2)19-17(20)15(10)9-18)8-12-7-13(21-3)5-6-16(12)22-4/h5-7H,8H2,1-4H3,(H,19,20). The van der Waals surface area contributed by atoms with Gasteiger partial charge in [0.05, 0.1) is 14.2 Å². The molecule has 2 aromatic rings. The summed E-state index contributed by atoms with van der Waals surface area (Å²) in [7, 11) is 3.22. The Morgan fingerprint density at radius 3 is 2.55 bits per heavy atom. The number of nitrogens with one attached hydrogen (secondary N) is 1. The summed E-state index contributed by atoms with van der Waals surface area (Å²) in [6.07, 6.45) is 0.545. The van der Waals surface area contributed by atoms with Crippen molar-refractivity contribution in [3.8, 4) is 17.6 Å². The van der Waals surface area contributed by atoms with Crippen LogP contribution < -0.4 is 15.0 Å². The second kappa shape index (κ2) is 6.35. The lowest BCUT2D eigenvalue weighted by atomic mass is 9.96. The maximum atomic E-state index is 11.8. The molecule has 5 heteroatoms. The van der Waals surface area contributed by atoms with E-state index in [4.69, 9.17) is 14.7 Å². The second-order valence-electron chi connectivity index (χ2n) is 5.02. The summed E-state index contributed by atoms with van der Waals surface area (Å²) >= 11 is 0. The van der Waals surface area contributed by atoms with Crippen LogP contribution in [0.3, 0.4) is 0 Å². The molecular formula is C17H18N2O3. The van der Waals surface area contributed by atoms with Crippen molar-refractivity contribution >= 4 is 0 Å². The van der Waals surface area contributed by atoms with Gasteiger partial charge >= 0.3 is 0 Å². The molecule has 0 aliphatic carbocycles. The first-order valence-corrected chi connectivity index (χ1v) is 6.85. The molecule has 1 aromatic heterocycles. The molecule has 0 radical (unpaired) electrons. The molecule has 0 saturated heterocycles. The van der Waals surface area contributed by atoms with Crippen molar-refractivity contribution in [1.29, 1.82) is 5.26 Å². The Morgan fingerprint density at radius 1 is 1.23 bits per heavy atom. The number of pyridine rings is 1. The van der Waals surface area contributed by atoms with Gasteiger partial charge in [-0.25, -0.2) is 0 Å². The molecule has 0 amide bonds. The summed E-state index contributed by atoms with van der Waals surface area (Å²) in [6.45, 7) is 3.63. The molecule has 1 N–H and O–H groups in total. The second-order valence-corrected chi connectivity index (χ2v) is 5.02. The van der Waals surface area contributed by atoms with Gasteiger partial charge in [-0.2, -0.15) is 5.26 Å². The van der Waals surface area contributed by atoms with Gasteiger partial charge in [0, 0.05) is 17.7 Å². The molecule has 2 rings (SSSR count). The van der Waals surface area contributed by atoms with Crippen LogP contribution in [0, 0.1) is 25.2 Å². The number of hydrogen-bond donors (Lipinski definition) is 1. The lowest BCUT2D eigenvalue weighted by molar-refractivity contribution is 0.399. The van der Waals surface area contributed by atoms with Crippen LogP contribution in [-0.2, 0) is 6.42 Å². The number of aromatic nitrogens is 1. The predicted molar refractivity (Wildman–Crippen MR) is 83.6 cm³/mol. The SMILES string of the molecule is COc1ccc(OC)c(Cc2c(C)[nH]c(=O)c(C#N)c2C)c1. The molecule has 114 valence electrons. The van der Waals surface area contributed by atoms with Crippen molar-refractivity contribution in [2.45, 2.75) is 20.3 Å². The number of benzene rings is 1. The highest BCUT2D eigenvalue weighted by atomic mass is 16.5. The van der Waals surface area contributed by atoms with Crippen molar-refractivity contribution in [2.24, 2.45) is 0 Å². The number of methoxy groups -OCH3 is 2. The number of nitrogens with zero attached hydrogens (tertiary/aromatic N) is 1. The highest BCUT2D eigenvalue weighted by molar-refractivity contribution is 5.48. The van der Waals surface area contributed by atoms with E-state index in [1.165, 1.54) is 0 Å². The first-order chi connectivity index (χ1) is 10.5. The van der Waals surface area contributed by atoms with Gasteiger partial charge in [0.25, 0.3) is 5.56 Å². The van der Waals surface area contributed by atoms with Crippen LogP contribution in [0.2, 0.25) is 0 Å². The highest BCUT2D eigenvalue weighted by Gasteiger charge is 2.15. The first-order valence-electron chi connectivity index (χ1n) is 6.85. The average molecular weight is 298 g/mol. The number of aromatic amines is 1. The monoisotopic (exact) mass is 298 g/mol. The van der Waals surface area contributed by atoms with E-state index in [2.05, 4.69) is 4.98 Å². The summed E-state index contributed by atoms with van der Waals surface area (Å²) in [4.78, 5) is 14.5. The lowest BCUT2D eigenvalue weighted by Gasteiger charge is -2.14. The van der Waals surface area contributed by atoms with Gasteiger partial charge in [-0.3, -0.25) is 4.79 Å². The van der Waals surface area contributed by atoms with Crippen molar-refractivity contribution in [3.63, 3.8) is 0 Å². The molecule has 0 fully saturated rings. The molecule has 1 aromatic carbocycles. The Balaban J connectivity index is 2.57. The number of hydrogen-bond acceptors (Lipinski definition) is 4. The quantitative estimate of drug-likeness (QED) is 0.941. The minimum Gasteiger partial charge on any atom is -0.497 e. The van der Waals surface area contributed by atoms with Gasteiger partial charge in [0.15, 0.2) is 0 Å². The molecule has 0 atom stereocenters. The van der Waals surface area contributed by atoms with Gasteiger partial charge in [-0.1, -0.05) is 0 Å². The third-order valence-electron chi connectivity index (χ3n) is 3.78. The van der Waals surface area contributed by atoms with Crippen molar-refractivity contribution < 1.29 is 9.47 Å². The van der Waals surface area contributed by atoms with E-state index < -0.39 is 0 Å². The Labute approximate surface area is 129 Å². The third kappa shape index (κ3) is 2.82. The smallest absolute Gasteiger partial charge is 0.266 e. The van der Waals surface area contributed by atoms with E-state index >= 15 is 0 Å². The summed E-state index contributed by atoms with van der Waals surface area (Å²) < 4.78 is 10.6. The predicted octanol–water partition coefficient (Wildman–Crippen LogP) is 2.47. The number of ether oxygens (including phenoxy) is 2. The van der Waals surface area contributed by atoms with E-state index in [-0.39, 0.29) is 11.1 Å². The van der Waals surface area contributed by atoms with E-state index in [1.807, 2.05) is 31.2 Å². The third-order valence-corrected chi connectivity index (χ3v) is 3.78. The molecule has 0 unspecified atom stereocenters. The summed E-state index contributed by atoms with van der Waals surface area (Å²) in [5.41, 5.74) is 3.12. The summed E-state index contributed by atoms with van der Waals surface area (Å²) in [5, 5.41) is 9.15. The molecule has 0 aliphatic rings. The van der Waals surface area contributed by atoms with Crippen LogP contribution in [0.5, 0.6) is 11.5 Å². The number of aryl methyl sites for hydroxylation is 1. The normalized spacial score (nSPS) is 10.1. The van der Waals surface area contributed by atoms with Gasteiger partial charge in [0.2, 0.25) is 0 Å². The zero-order valence-corrected chi connectivity index (χ0v) is 13.1. The van der Waals surface area contributed by atoms with E-state index in [9.17, 15) is 4.79 Å². The molecule has 5 nitrogen and oxygen atoms in total. The van der Waals surface area contributed by atoms with Crippen molar-refractivity contribution in [2.75, 3.05) is 14.2 Å². The highest BCUT2D eigenvalue weighted by Crippen LogP contribution is 2.28.